The van der Waals surface area contributed by atoms with Crippen molar-refractivity contribution in [1.82, 2.24) is 5.43 Å². The first-order chi connectivity index (χ1) is 11.9. The van der Waals surface area contributed by atoms with Crippen molar-refractivity contribution in [2.45, 2.75) is 0 Å². The van der Waals surface area contributed by atoms with Crippen LogP contribution in [0.1, 0.15) is 15.9 Å². The van der Waals surface area contributed by atoms with Crippen molar-refractivity contribution in [1.29, 1.82) is 0 Å². The number of carbonyl (C=O) groups excluding carboxylic acids is 1. The van der Waals surface area contributed by atoms with Crippen LogP contribution < -0.4 is 14.9 Å². The number of amides is 1. The molecule has 130 valence electrons. The summed E-state index contributed by atoms with van der Waals surface area (Å²) in [5.74, 6) is -10.7. The normalized spacial score (nSPS) is 12.7. The summed E-state index contributed by atoms with van der Waals surface area (Å²) in [7, 11) is 0. The van der Waals surface area contributed by atoms with Crippen LogP contribution in [0, 0.1) is 29.1 Å². The Morgan fingerprint density at radius 3 is 2.24 bits per heavy atom. The summed E-state index contributed by atoms with van der Waals surface area (Å²) in [4.78, 5) is 11.9. The van der Waals surface area contributed by atoms with E-state index in [0.29, 0.717) is 17.7 Å². The Hall–Kier alpha value is -3.17. The van der Waals surface area contributed by atoms with Crippen LogP contribution in [0.2, 0.25) is 0 Å². The molecule has 1 heterocycles. The molecule has 0 saturated carbocycles. The molecule has 0 aliphatic carbocycles. The largest absolute Gasteiger partial charge is 0.454 e. The van der Waals surface area contributed by atoms with Crippen LogP contribution in [0.4, 0.5) is 22.0 Å². The third-order valence-corrected chi connectivity index (χ3v) is 3.24. The minimum atomic E-state index is -2.28. The van der Waals surface area contributed by atoms with Crippen molar-refractivity contribution in [2.24, 2.45) is 5.10 Å². The SMILES string of the molecule is O=C(NN=Cc1c(F)c(F)c(F)c(F)c1F)c1ccc2c(c1)OCO2. The van der Waals surface area contributed by atoms with Gasteiger partial charge in [-0.15, -0.1) is 0 Å². The predicted molar refractivity (Wildman–Crippen MR) is 73.9 cm³/mol. The van der Waals surface area contributed by atoms with Crippen molar-refractivity contribution in [3.05, 3.63) is 58.4 Å². The summed E-state index contributed by atoms with van der Waals surface area (Å²) >= 11 is 0. The highest BCUT2D eigenvalue weighted by atomic mass is 19.2. The van der Waals surface area contributed by atoms with Gasteiger partial charge in [0.2, 0.25) is 12.6 Å². The van der Waals surface area contributed by atoms with Gasteiger partial charge >= 0.3 is 0 Å². The van der Waals surface area contributed by atoms with E-state index in [0.717, 1.165) is 0 Å². The highest BCUT2D eigenvalue weighted by molar-refractivity contribution is 5.95. The number of ether oxygens (including phenoxy) is 2. The first-order valence-corrected chi connectivity index (χ1v) is 6.64. The number of nitrogens with zero attached hydrogens (tertiary/aromatic N) is 1. The highest BCUT2D eigenvalue weighted by Gasteiger charge is 2.24. The van der Waals surface area contributed by atoms with Crippen molar-refractivity contribution >= 4 is 12.1 Å². The van der Waals surface area contributed by atoms with Crippen LogP contribution in [-0.4, -0.2) is 18.9 Å². The van der Waals surface area contributed by atoms with Gasteiger partial charge in [-0.2, -0.15) is 5.10 Å². The third kappa shape index (κ3) is 2.97. The lowest BCUT2D eigenvalue weighted by atomic mass is 10.2. The summed E-state index contributed by atoms with van der Waals surface area (Å²) in [5.41, 5.74) is 0.715. The van der Waals surface area contributed by atoms with Crippen molar-refractivity contribution < 1.29 is 36.2 Å². The maximum Gasteiger partial charge on any atom is 0.271 e. The Balaban J connectivity index is 1.79. The molecule has 0 bridgehead atoms. The van der Waals surface area contributed by atoms with Crippen molar-refractivity contribution in [2.75, 3.05) is 6.79 Å². The number of halogens is 5. The first kappa shape index (κ1) is 16.7. The zero-order valence-electron chi connectivity index (χ0n) is 12.1. The Labute approximate surface area is 136 Å². The van der Waals surface area contributed by atoms with Crippen LogP contribution in [0.3, 0.4) is 0 Å². The number of hydrogen-bond acceptors (Lipinski definition) is 4. The predicted octanol–water partition coefficient (Wildman–Crippen LogP) is 2.87. The van der Waals surface area contributed by atoms with Crippen molar-refractivity contribution in [3.63, 3.8) is 0 Å². The monoisotopic (exact) mass is 358 g/mol. The van der Waals surface area contributed by atoms with Gasteiger partial charge in [-0.1, -0.05) is 0 Å². The van der Waals surface area contributed by atoms with Crippen LogP contribution in [0.5, 0.6) is 11.5 Å². The van der Waals surface area contributed by atoms with Gasteiger partial charge < -0.3 is 9.47 Å². The Bertz CT molecular complexity index is 872. The molecule has 0 unspecified atom stereocenters. The van der Waals surface area contributed by atoms with Crippen LogP contribution in [-0.2, 0) is 0 Å². The van der Waals surface area contributed by atoms with Gasteiger partial charge in [0.1, 0.15) is 0 Å². The third-order valence-electron chi connectivity index (χ3n) is 3.24. The number of benzene rings is 2. The van der Waals surface area contributed by atoms with E-state index in [1.54, 1.807) is 0 Å². The van der Waals surface area contributed by atoms with Gasteiger partial charge in [0.05, 0.1) is 11.8 Å². The number of rotatable bonds is 3. The summed E-state index contributed by atoms with van der Waals surface area (Å²) in [6.45, 7) is -0.00118. The fraction of sp³-hybridized carbons (Fsp3) is 0.0667. The van der Waals surface area contributed by atoms with Gasteiger partial charge in [-0.25, -0.2) is 27.4 Å². The second-order valence-electron chi connectivity index (χ2n) is 4.75. The van der Waals surface area contributed by atoms with Gasteiger partial charge in [0.25, 0.3) is 5.91 Å². The summed E-state index contributed by atoms with van der Waals surface area (Å²) < 4.78 is 76.0. The number of fused-ring (bicyclic) bond motifs is 1. The molecule has 1 N–H and O–H groups in total. The van der Waals surface area contributed by atoms with Gasteiger partial charge in [-0.3, -0.25) is 4.79 Å². The lowest BCUT2D eigenvalue weighted by Gasteiger charge is -2.04. The quantitative estimate of drug-likeness (QED) is 0.302. The average Bonchev–Trinajstić information content (AvgIpc) is 3.08. The van der Waals surface area contributed by atoms with E-state index in [4.69, 9.17) is 9.47 Å². The molecule has 0 fully saturated rings. The van der Waals surface area contributed by atoms with Crippen LogP contribution >= 0.6 is 0 Å². The number of nitrogens with one attached hydrogen (secondary N) is 1. The van der Waals surface area contributed by atoms with E-state index in [1.807, 2.05) is 5.43 Å². The molecule has 3 rings (SSSR count). The lowest BCUT2D eigenvalue weighted by Crippen LogP contribution is -2.18. The molecule has 10 heteroatoms. The molecule has 0 saturated heterocycles. The minimum Gasteiger partial charge on any atom is -0.454 e. The Morgan fingerprint density at radius 1 is 0.960 bits per heavy atom. The molecule has 0 radical (unpaired) electrons. The molecule has 1 aliphatic heterocycles. The van der Waals surface area contributed by atoms with E-state index in [2.05, 4.69) is 5.10 Å². The van der Waals surface area contributed by atoms with Gasteiger partial charge in [0, 0.05) is 5.56 Å². The van der Waals surface area contributed by atoms with E-state index in [1.165, 1.54) is 18.2 Å². The number of carbonyl (C=O) groups is 1. The van der Waals surface area contributed by atoms with Crippen LogP contribution in [0.25, 0.3) is 0 Å². The van der Waals surface area contributed by atoms with E-state index >= 15 is 0 Å². The number of hydrazone groups is 1. The maximum absolute atomic E-state index is 13.4. The maximum atomic E-state index is 13.4. The fourth-order valence-corrected chi connectivity index (χ4v) is 1.99. The molecule has 0 atom stereocenters. The molecule has 0 spiro atoms. The molecule has 1 aliphatic rings. The molecule has 2 aromatic carbocycles. The summed E-state index contributed by atoms with van der Waals surface area (Å²) in [6.07, 6.45) is 0.321. The average molecular weight is 358 g/mol. The van der Waals surface area contributed by atoms with E-state index in [-0.39, 0.29) is 12.4 Å². The Morgan fingerprint density at radius 2 is 1.56 bits per heavy atom. The molecule has 0 aromatic heterocycles. The topological polar surface area (TPSA) is 59.9 Å². The van der Waals surface area contributed by atoms with E-state index < -0.39 is 40.6 Å². The smallest absolute Gasteiger partial charge is 0.271 e. The van der Waals surface area contributed by atoms with Crippen molar-refractivity contribution in [3.8, 4) is 11.5 Å². The van der Waals surface area contributed by atoms with Crippen LogP contribution in [0.15, 0.2) is 23.3 Å². The molecular formula is C15H7F5N2O3. The molecular weight excluding hydrogens is 351 g/mol. The standard InChI is InChI=1S/C15H7F5N2O3/c16-10-7(11(17)13(19)14(20)12(10)18)4-21-22-15(23)6-1-2-8-9(3-6)25-5-24-8/h1-4H,5H2,(H,22,23). The van der Waals surface area contributed by atoms with E-state index in [9.17, 15) is 26.7 Å². The second kappa shape index (κ2) is 6.38. The first-order valence-electron chi connectivity index (χ1n) is 6.64. The zero-order chi connectivity index (χ0) is 18.1. The molecule has 2 aromatic rings. The second-order valence-corrected chi connectivity index (χ2v) is 4.75. The molecule has 25 heavy (non-hydrogen) atoms. The Kier molecular flexibility index (Phi) is 4.26. The minimum absolute atomic E-state index is 0.00118. The summed E-state index contributed by atoms with van der Waals surface area (Å²) in [5, 5.41) is 3.21. The zero-order valence-corrected chi connectivity index (χ0v) is 12.1. The fourth-order valence-electron chi connectivity index (χ4n) is 1.99. The molecule has 5 nitrogen and oxygen atoms in total. The highest BCUT2D eigenvalue weighted by Crippen LogP contribution is 2.32. The van der Waals surface area contributed by atoms with Gasteiger partial charge in [0.15, 0.2) is 34.8 Å². The lowest BCUT2D eigenvalue weighted by molar-refractivity contribution is 0.0954. The van der Waals surface area contributed by atoms with Gasteiger partial charge in [-0.05, 0) is 18.2 Å². The molecule has 1 amide bonds. The number of hydrogen-bond donors (Lipinski definition) is 1. The summed E-state index contributed by atoms with van der Waals surface area (Å²) in [6, 6.07) is 4.17.